The van der Waals surface area contributed by atoms with Crippen LogP contribution < -0.4 is 5.32 Å². The molecule has 0 atom stereocenters. The van der Waals surface area contributed by atoms with Gasteiger partial charge in [-0.15, -0.1) is 0 Å². The number of aromatic nitrogens is 1. The number of benzene rings is 1. The fourth-order valence-corrected chi connectivity index (χ4v) is 2.92. The van der Waals surface area contributed by atoms with E-state index in [1.54, 1.807) is 0 Å². The minimum atomic E-state index is 0.750. The van der Waals surface area contributed by atoms with Crippen LogP contribution in [0.4, 0.5) is 5.69 Å². The average molecular weight is 346 g/mol. The number of rotatable bonds is 5. The van der Waals surface area contributed by atoms with E-state index in [0.717, 1.165) is 28.9 Å². The first-order valence-electron chi connectivity index (χ1n) is 7.45. The van der Waals surface area contributed by atoms with Crippen LogP contribution in [-0.2, 0) is 13.1 Å². The van der Waals surface area contributed by atoms with Gasteiger partial charge in [0.2, 0.25) is 0 Å². The van der Waals surface area contributed by atoms with Crippen LogP contribution in [-0.4, -0.2) is 23.0 Å². The number of halogens is 1. The number of hydrogen-bond donors (Lipinski definition) is 1. The molecule has 2 heterocycles. The Kier molecular flexibility index (Phi) is 4.88. The zero-order chi connectivity index (χ0) is 14.5. The predicted molar refractivity (Wildman–Crippen MR) is 90.2 cm³/mol. The first-order chi connectivity index (χ1) is 10.3. The third-order valence-electron chi connectivity index (χ3n) is 3.79. The number of nitrogens with one attached hydrogen (secondary N) is 1. The average Bonchev–Trinajstić information content (AvgIpc) is 3.00. The van der Waals surface area contributed by atoms with Crippen molar-refractivity contribution in [3.05, 3.63) is 58.3 Å². The quantitative estimate of drug-likeness (QED) is 0.885. The van der Waals surface area contributed by atoms with Crippen molar-refractivity contribution in [3.63, 3.8) is 0 Å². The van der Waals surface area contributed by atoms with Gasteiger partial charge in [-0.1, -0.05) is 12.1 Å². The Morgan fingerprint density at radius 2 is 2.00 bits per heavy atom. The summed E-state index contributed by atoms with van der Waals surface area (Å²) in [7, 11) is 0. The highest BCUT2D eigenvalue weighted by atomic mass is 79.9. The summed E-state index contributed by atoms with van der Waals surface area (Å²) in [5, 5.41) is 3.45. The molecule has 0 amide bonds. The summed E-state index contributed by atoms with van der Waals surface area (Å²) < 4.78 is 1.01. The Bertz CT molecular complexity index is 577. The standard InChI is InChI=1S/C17H20BrN3/c18-15-6-7-17(19-11-15)12-20-16-5-3-4-14(10-16)13-21-8-1-2-9-21/h3-7,10-11,20H,1-2,8-9,12-13H2. The molecule has 0 saturated carbocycles. The summed E-state index contributed by atoms with van der Waals surface area (Å²) in [6, 6.07) is 12.8. The van der Waals surface area contributed by atoms with Gasteiger partial charge in [0.15, 0.2) is 0 Å². The Labute approximate surface area is 134 Å². The van der Waals surface area contributed by atoms with Crippen LogP contribution in [0, 0.1) is 0 Å². The second kappa shape index (κ2) is 7.05. The molecule has 1 aromatic heterocycles. The van der Waals surface area contributed by atoms with Crippen molar-refractivity contribution in [2.45, 2.75) is 25.9 Å². The zero-order valence-electron chi connectivity index (χ0n) is 12.1. The van der Waals surface area contributed by atoms with Gasteiger partial charge in [0, 0.05) is 22.9 Å². The highest BCUT2D eigenvalue weighted by Gasteiger charge is 2.11. The highest BCUT2D eigenvalue weighted by molar-refractivity contribution is 9.10. The first kappa shape index (κ1) is 14.5. The number of anilines is 1. The maximum absolute atomic E-state index is 4.38. The van der Waals surface area contributed by atoms with Crippen LogP contribution in [0.2, 0.25) is 0 Å². The lowest BCUT2D eigenvalue weighted by Crippen LogP contribution is -2.18. The molecular weight excluding hydrogens is 326 g/mol. The summed E-state index contributed by atoms with van der Waals surface area (Å²) in [6.45, 7) is 4.29. The number of pyridine rings is 1. The van der Waals surface area contributed by atoms with Gasteiger partial charge in [-0.25, -0.2) is 0 Å². The molecule has 1 aliphatic rings. The van der Waals surface area contributed by atoms with Gasteiger partial charge in [-0.2, -0.15) is 0 Å². The SMILES string of the molecule is Brc1ccc(CNc2cccc(CN3CCCC3)c2)nc1. The Morgan fingerprint density at radius 3 is 2.76 bits per heavy atom. The van der Waals surface area contributed by atoms with Crippen molar-refractivity contribution in [1.29, 1.82) is 0 Å². The lowest BCUT2D eigenvalue weighted by Gasteiger charge is -2.15. The van der Waals surface area contributed by atoms with E-state index >= 15 is 0 Å². The molecule has 4 heteroatoms. The van der Waals surface area contributed by atoms with E-state index in [1.807, 2.05) is 18.3 Å². The lowest BCUT2D eigenvalue weighted by atomic mass is 10.2. The number of hydrogen-bond acceptors (Lipinski definition) is 3. The molecule has 1 N–H and O–H groups in total. The minimum absolute atomic E-state index is 0.750. The summed E-state index contributed by atoms with van der Waals surface area (Å²) in [5.74, 6) is 0. The summed E-state index contributed by atoms with van der Waals surface area (Å²) in [4.78, 5) is 6.90. The second-order valence-corrected chi connectivity index (χ2v) is 6.42. The fourth-order valence-electron chi connectivity index (χ4n) is 2.68. The first-order valence-corrected chi connectivity index (χ1v) is 8.24. The molecule has 21 heavy (non-hydrogen) atoms. The number of likely N-dealkylation sites (tertiary alicyclic amines) is 1. The molecular formula is C17H20BrN3. The zero-order valence-corrected chi connectivity index (χ0v) is 13.6. The molecule has 0 spiro atoms. The van der Waals surface area contributed by atoms with Gasteiger partial charge in [0.1, 0.15) is 0 Å². The minimum Gasteiger partial charge on any atom is -0.379 e. The van der Waals surface area contributed by atoms with Crippen molar-refractivity contribution in [2.75, 3.05) is 18.4 Å². The molecule has 1 saturated heterocycles. The van der Waals surface area contributed by atoms with Crippen molar-refractivity contribution in [1.82, 2.24) is 9.88 Å². The van der Waals surface area contributed by atoms with Crippen LogP contribution >= 0.6 is 15.9 Å². The molecule has 110 valence electrons. The predicted octanol–water partition coefficient (Wildman–Crippen LogP) is 4.05. The topological polar surface area (TPSA) is 28.2 Å². The van der Waals surface area contributed by atoms with Crippen molar-refractivity contribution >= 4 is 21.6 Å². The maximum Gasteiger partial charge on any atom is 0.0595 e. The Morgan fingerprint density at radius 1 is 1.14 bits per heavy atom. The van der Waals surface area contributed by atoms with Crippen molar-refractivity contribution in [3.8, 4) is 0 Å². The van der Waals surface area contributed by atoms with Crippen molar-refractivity contribution in [2.24, 2.45) is 0 Å². The number of nitrogens with zero attached hydrogens (tertiary/aromatic N) is 2. The third kappa shape index (κ3) is 4.29. The molecule has 0 unspecified atom stereocenters. The summed E-state index contributed by atoms with van der Waals surface area (Å²) in [6.07, 6.45) is 4.52. The molecule has 0 aliphatic carbocycles. The molecule has 2 aromatic rings. The van der Waals surface area contributed by atoms with Gasteiger partial charge in [0.25, 0.3) is 0 Å². The van der Waals surface area contributed by atoms with E-state index in [9.17, 15) is 0 Å². The van der Waals surface area contributed by atoms with Gasteiger partial charge in [0.05, 0.1) is 12.2 Å². The molecule has 1 fully saturated rings. The molecule has 0 radical (unpaired) electrons. The Hall–Kier alpha value is -1.39. The normalized spacial score (nSPS) is 15.3. The fraction of sp³-hybridized carbons (Fsp3) is 0.353. The molecule has 1 aliphatic heterocycles. The van der Waals surface area contributed by atoms with E-state index in [2.05, 4.69) is 55.4 Å². The van der Waals surface area contributed by atoms with Gasteiger partial charge in [-0.3, -0.25) is 9.88 Å². The lowest BCUT2D eigenvalue weighted by molar-refractivity contribution is 0.331. The van der Waals surface area contributed by atoms with E-state index < -0.39 is 0 Å². The third-order valence-corrected chi connectivity index (χ3v) is 4.26. The summed E-state index contributed by atoms with van der Waals surface area (Å²) in [5.41, 5.74) is 3.59. The maximum atomic E-state index is 4.38. The van der Waals surface area contributed by atoms with Gasteiger partial charge < -0.3 is 5.32 Å². The van der Waals surface area contributed by atoms with Crippen LogP contribution in [0.15, 0.2) is 47.1 Å². The largest absolute Gasteiger partial charge is 0.379 e. The summed E-state index contributed by atoms with van der Waals surface area (Å²) >= 11 is 3.40. The Balaban J connectivity index is 1.58. The van der Waals surface area contributed by atoms with Crippen LogP contribution in [0.5, 0.6) is 0 Å². The van der Waals surface area contributed by atoms with Crippen molar-refractivity contribution < 1.29 is 0 Å². The van der Waals surface area contributed by atoms with E-state index in [-0.39, 0.29) is 0 Å². The van der Waals surface area contributed by atoms with Gasteiger partial charge >= 0.3 is 0 Å². The molecule has 3 rings (SSSR count). The molecule has 1 aromatic carbocycles. The monoisotopic (exact) mass is 345 g/mol. The van der Waals surface area contributed by atoms with Crippen LogP contribution in [0.3, 0.4) is 0 Å². The highest BCUT2D eigenvalue weighted by Crippen LogP contribution is 2.17. The van der Waals surface area contributed by atoms with E-state index in [0.29, 0.717) is 0 Å². The second-order valence-electron chi connectivity index (χ2n) is 5.50. The smallest absolute Gasteiger partial charge is 0.0595 e. The van der Waals surface area contributed by atoms with E-state index in [1.165, 1.54) is 31.5 Å². The van der Waals surface area contributed by atoms with E-state index in [4.69, 9.17) is 0 Å². The molecule has 3 nitrogen and oxygen atoms in total. The van der Waals surface area contributed by atoms with Crippen LogP contribution in [0.25, 0.3) is 0 Å². The van der Waals surface area contributed by atoms with Crippen LogP contribution in [0.1, 0.15) is 24.1 Å². The van der Waals surface area contributed by atoms with Gasteiger partial charge in [-0.05, 0) is 71.7 Å². The molecule has 0 bridgehead atoms.